The van der Waals surface area contributed by atoms with Crippen molar-refractivity contribution >= 4 is 17.6 Å². The summed E-state index contributed by atoms with van der Waals surface area (Å²) in [5.74, 6) is 0.932. The minimum Gasteiger partial charge on any atom is -0.356 e. The third-order valence-electron chi connectivity index (χ3n) is 9.96. The number of benzene rings is 2. The molecule has 0 atom stereocenters. The van der Waals surface area contributed by atoms with Gasteiger partial charge in [-0.1, -0.05) is 42.5 Å². The SMILES string of the molecule is Cc1c(C(=O)NC2CCN(c3ccc(CN4CCC(NC(=O)c5cccc(-c6cccnc6)c5)CC4)cn3)CC2)cccc1-c1cccnc1. The van der Waals surface area contributed by atoms with Crippen LogP contribution in [0, 0.1) is 6.92 Å². The second kappa shape index (κ2) is 15.4. The number of carbonyl (C=O) groups is 2. The topological polar surface area (TPSA) is 103 Å². The first-order valence-electron chi connectivity index (χ1n) is 17.5. The average molecular weight is 666 g/mol. The van der Waals surface area contributed by atoms with Crippen molar-refractivity contribution in [1.29, 1.82) is 0 Å². The fourth-order valence-electron chi connectivity index (χ4n) is 7.07. The first kappa shape index (κ1) is 33.1. The Balaban J connectivity index is 0.851. The second-order valence-electron chi connectivity index (χ2n) is 13.3. The van der Waals surface area contributed by atoms with Crippen molar-refractivity contribution in [3.63, 3.8) is 0 Å². The minimum absolute atomic E-state index is 0.0211. The smallest absolute Gasteiger partial charge is 0.251 e. The van der Waals surface area contributed by atoms with E-state index in [1.165, 1.54) is 5.56 Å². The molecule has 0 saturated carbocycles. The molecule has 0 aliphatic carbocycles. The minimum atomic E-state index is -0.0259. The fourth-order valence-corrected chi connectivity index (χ4v) is 7.07. The summed E-state index contributed by atoms with van der Waals surface area (Å²) in [7, 11) is 0. The molecular weight excluding hydrogens is 622 g/mol. The average Bonchev–Trinajstić information content (AvgIpc) is 3.17. The summed E-state index contributed by atoms with van der Waals surface area (Å²) >= 11 is 0. The van der Waals surface area contributed by atoms with E-state index >= 15 is 0 Å². The van der Waals surface area contributed by atoms with Gasteiger partial charge in [0.05, 0.1) is 0 Å². The van der Waals surface area contributed by atoms with Crippen molar-refractivity contribution in [3.05, 3.63) is 132 Å². The highest BCUT2D eigenvalue weighted by Crippen LogP contribution is 2.26. The molecule has 2 amide bonds. The Morgan fingerprint density at radius 3 is 2.04 bits per heavy atom. The van der Waals surface area contributed by atoms with E-state index < -0.39 is 0 Å². The van der Waals surface area contributed by atoms with Gasteiger partial charge in [0.15, 0.2) is 0 Å². The summed E-state index contributed by atoms with van der Waals surface area (Å²) in [5, 5.41) is 6.53. The zero-order valence-electron chi connectivity index (χ0n) is 28.5. The van der Waals surface area contributed by atoms with Gasteiger partial charge in [0.25, 0.3) is 11.8 Å². The Hall–Kier alpha value is -5.41. The fraction of sp³-hybridized carbons (Fsp3) is 0.293. The first-order chi connectivity index (χ1) is 24.5. The summed E-state index contributed by atoms with van der Waals surface area (Å²) in [6.45, 7) is 6.39. The Kier molecular flexibility index (Phi) is 10.2. The monoisotopic (exact) mass is 665 g/mol. The predicted octanol–water partition coefficient (Wildman–Crippen LogP) is 6.31. The largest absolute Gasteiger partial charge is 0.356 e. The molecule has 254 valence electrons. The van der Waals surface area contributed by atoms with Gasteiger partial charge in [-0.3, -0.25) is 24.5 Å². The molecule has 3 aromatic heterocycles. The molecule has 0 bridgehead atoms. The van der Waals surface area contributed by atoms with Crippen LogP contribution in [-0.4, -0.2) is 69.9 Å². The molecule has 2 aromatic carbocycles. The van der Waals surface area contributed by atoms with Crippen molar-refractivity contribution < 1.29 is 9.59 Å². The van der Waals surface area contributed by atoms with Crippen LogP contribution in [0.2, 0.25) is 0 Å². The molecule has 7 rings (SSSR count). The lowest BCUT2D eigenvalue weighted by Gasteiger charge is -2.34. The molecule has 2 aliphatic heterocycles. The van der Waals surface area contributed by atoms with Crippen LogP contribution in [0.4, 0.5) is 5.82 Å². The lowest BCUT2D eigenvalue weighted by molar-refractivity contribution is 0.0906. The summed E-state index contributed by atoms with van der Waals surface area (Å²) in [5.41, 5.74) is 7.57. The maximum atomic E-state index is 13.3. The highest BCUT2D eigenvalue weighted by Gasteiger charge is 2.24. The quantitative estimate of drug-likeness (QED) is 0.190. The Morgan fingerprint density at radius 1 is 0.700 bits per heavy atom. The molecule has 2 saturated heterocycles. The van der Waals surface area contributed by atoms with E-state index in [9.17, 15) is 9.59 Å². The molecule has 0 radical (unpaired) electrons. The summed E-state index contributed by atoms with van der Waals surface area (Å²) < 4.78 is 0. The zero-order valence-corrected chi connectivity index (χ0v) is 28.5. The van der Waals surface area contributed by atoms with Crippen LogP contribution >= 0.6 is 0 Å². The summed E-state index contributed by atoms with van der Waals surface area (Å²) in [4.78, 5) is 44.3. The van der Waals surface area contributed by atoms with Gasteiger partial charge in [-0.25, -0.2) is 4.98 Å². The highest BCUT2D eigenvalue weighted by molar-refractivity contribution is 5.98. The second-order valence-corrected chi connectivity index (χ2v) is 13.3. The number of anilines is 1. The molecule has 50 heavy (non-hydrogen) atoms. The third kappa shape index (κ3) is 7.90. The lowest BCUT2D eigenvalue weighted by Crippen LogP contribution is -2.45. The van der Waals surface area contributed by atoms with Crippen LogP contribution in [0.15, 0.2) is 110 Å². The Morgan fingerprint density at radius 2 is 1.36 bits per heavy atom. The van der Waals surface area contributed by atoms with Gasteiger partial charge in [-0.2, -0.15) is 0 Å². The molecule has 2 fully saturated rings. The van der Waals surface area contributed by atoms with Crippen LogP contribution < -0.4 is 15.5 Å². The van der Waals surface area contributed by atoms with E-state index in [0.29, 0.717) is 11.1 Å². The molecule has 0 unspecified atom stereocenters. The number of rotatable bonds is 9. The molecule has 2 aliphatic rings. The van der Waals surface area contributed by atoms with Crippen LogP contribution in [-0.2, 0) is 6.54 Å². The van der Waals surface area contributed by atoms with E-state index in [4.69, 9.17) is 4.98 Å². The van der Waals surface area contributed by atoms with E-state index in [1.54, 1.807) is 12.4 Å². The maximum absolute atomic E-state index is 13.3. The zero-order chi connectivity index (χ0) is 34.3. The van der Waals surface area contributed by atoms with Crippen molar-refractivity contribution in [2.75, 3.05) is 31.1 Å². The van der Waals surface area contributed by atoms with E-state index in [1.807, 2.05) is 92.2 Å². The van der Waals surface area contributed by atoms with Gasteiger partial charge in [-0.15, -0.1) is 0 Å². The van der Waals surface area contributed by atoms with Gasteiger partial charge in [0.1, 0.15) is 5.82 Å². The number of likely N-dealkylation sites (tertiary alicyclic amines) is 1. The molecule has 5 heterocycles. The highest BCUT2D eigenvalue weighted by atomic mass is 16.2. The van der Waals surface area contributed by atoms with Gasteiger partial charge >= 0.3 is 0 Å². The standard InChI is InChI=1S/C41H43N7O2/c1-29-37(34-9-5-19-43-27-34)10-3-11-38(29)41(50)46-36-16-22-48(23-17-36)39-13-12-30(25-44-39)28-47-20-14-35(15-21-47)45-40(49)32-7-2-6-31(24-32)33-8-4-18-42-26-33/h2-13,18-19,24-27,35-36H,14-17,20-23,28H2,1H3,(H,45,49)(H,46,50). The van der Waals surface area contributed by atoms with Gasteiger partial charge in [0, 0.05) is 98.0 Å². The van der Waals surface area contributed by atoms with E-state index in [-0.39, 0.29) is 23.9 Å². The number of hydrogen-bond donors (Lipinski definition) is 2. The van der Waals surface area contributed by atoms with Crippen molar-refractivity contribution in [1.82, 2.24) is 30.5 Å². The lowest BCUT2D eigenvalue weighted by atomic mass is 9.96. The van der Waals surface area contributed by atoms with Crippen molar-refractivity contribution in [3.8, 4) is 22.3 Å². The van der Waals surface area contributed by atoms with Crippen LogP contribution in [0.3, 0.4) is 0 Å². The molecule has 2 N–H and O–H groups in total. The number of nitrogens with zero attached hydrogens (tertiary/aromatic N) is 5. The number of aromatic nitrogens is 3. The van der Waals surface area contributed by atoms with Gasteiger partial charge in [0.2, 0.25) is 0 Å². The summed E-state index contributed by atoms with van der Waals surface area (Å²) in [6, 6.07) is 26.0. The molecule has 9 nitrogen and oxygen atoms in total. The number of pyridine rings is 3. The molecule has 5 aromatic rings. The molecule has 9 heteroatoms. The van der Waals surface area contributed by atoms with Crippen LogP contribution in [0.5, 0.6) is 0 Å². The normalized spacial score (nSPS) is 15.8. The van der Waals surface area contributed by atoms with Crippen LogP contribution in [0.25, 0.3) is 22.3 Å². The third-order valence-corrected chi connectivity index (χ3v) is 9.96. The van der Waals surface area contributed by atoms with Gasteiger partial charge in [-0.05, 0) is 91.3 Å². The molecular formula is C41H43N7O2. The number of piperidine rings is 2. The van der Waals surface area contributed by atoms with E-state index in [2.05, 4.69) is 42.5 Å². The van der Waals surface area contributed by atoms with Crippen molar-refractivity contribution in [2.45, 2.75) is 51.2 Å². The number of hydrogen-bond acceptors (Lipinski definition) is 7. The van der Waals surface area contributed by atoms with Crippen molar-refractivity contribution in [2.24, 2.45) is 0 Å². The molecule has 0 spiro atoms. The number of nitrogens with one attached hydrogen (secondary N) is 2. The van der Waals surface area contributed by atoms with E-state index in [0.717, 1.165) is 92.0 Å². The maximum Gasteiger partial charge on any atom is 0.251 e. The summed E-state index contributed by atoms with van der Waals surface area (Å²) in [6.07, 6.45) is 12.7. The first-order valence-corrected chi connectivity index (χ1v) is 17.5. The number of carbonyl (C=O) groups excluding carboxylic acids is 2. The predicted molar refractivity (Wildman–Crippen MR) is 197 cm³/mol. The Labute approximate surface area is 293 Å². The Bertz CT molecular complexity index is 1900. The van der Waals surface area contributed by atoms with Crippen LogP contribution in [0.1, 0.15) is 57.5 Å². The number of amides is 2. The van der Waals surface area contributed by atoms with Gasteiger partial charge < -0.3 is 15.5 Å².